The fraction of sp³-hybridized carbons (Fsp3) is 0.517. The number of carbonyl (C=O) groups excluding carboxylic acids is 2. The summed E-state index contributed by atoms with van der Waals surface area (Å²) in [5, 5.41) is 4.88. The number of hydrogen-bond acceptors (Lipinski definition) is 6. The summed E-state index contributed by atoms with van der Waals surface area (Å²) < 4.78 is 0. The van der Waals surface area contributed by atoms with Gasteiger partial charge < -0.3 is 10.2 Å². The smallest absolute Gasteiger partial charge is 0.282 e. The highest BCUT2D eigenvalue weighted by Crippen LogP contribution is 2.30. The monoisotopic (exact) mass is 517 g/mol. The molecule has 0 unspecified atom stereocenters. The van der Waals surface area contributed by atoms with Crippen LogP contribution >= 0.6 is 11.3 Å². The summed E-state index contributed by atoms with van der Waals surface area (Å²) in [4.78, 5) is 40.6. The van der Waals surface area contributed by atoms with Crippen LogP contribution in [-0.2, 0) is 13.0 Å². The molecule has 2 fully saturated rings. The lowest BCUT2D eigenvalue weighted by molar-refractivity contribution is 0.0791. The van der Waals surface area contributed by atoms with Gasteiger partial charge >= 0.3 is 0 Å². The minimum absolute atomic E-state index is 0.0111. The molecule has 37 heavy (non-hydrogen) atoms. The van der Waals surface area contributed by atoms with E-state index in [4.69, 9.17) is 4.98 Å². The van der Waals surface area contributed by atoms with Gasteiger partial charge in [0, 0.05) is 54.2 Å². The van der Waals surface area contributed by atoms with Gasteiger partial charge in [-0.1, -0.05) is 12.1 Å². The zero-order valence-corrected chi connectivity index (χ0v) is 22.1. The van der Waals surface area contributed by atoms with Crippen molar-refractivity contribution in [1.82, 2.24) is 25.1 Å². The van der Waals surface area contributed by atoms with Gasteiger partial charge in [-0.2, -0.15) is 0 Å². The van der Waals surface area contributed by atoms with Crippen LogP contribution in [0.15, 0.2) is 36.5 Å². The SMILES string of the molecule is O=C(N[C@H]1CC[C@H](CCN2CCc3sc(C(=O)N4CCCC4)nc3C2)CC1)c1cccc2ncccc12. The summed E-state index contributed by atoms with van der Waals surface area (Å²) in [7, 11) is 0. The molecule has 1 saturated heterocycles. The topological polar surface area (TPSA) is 78.4 Å². The Hall–Kier alpha value is -2.84. The van der Waals surface area contributed by atoms with Crippen molar-refractivity contribution in [3.63, 3.8) is 0 Å². The fourth-order valence-corrected chi connectivity index (χ4v) is 7.14. The van der Waals surface area contributed by atoms with Gasteiger partial charge in [0.15, 0.2) is 5.01 Å². The van der Waals surface area contributed by atoms with Gasteiger partial charge in [-0.25, -0.2) is 4.98 Å². The Bertz CT molecular complexity index is 1270. The fourth-order valence-electron chi connectivity index (χ4n) is 6.12. The summed E-state index contributed by atoms with van der Waals surface area (Å²) in [6.07, 6.45) is 10.6. The molecular weight excluding hydrogens is 482 g/mol. The minimum Gasteiger partial charge on any atom is -0.349 e. The summed E-state index contributed by atoms with van der Waals surface area (Å²) in [6.45, 7) is 4.75. The van der Waals surface area contributed by atoms with E-state index in [-0.39, 0.29) is 17.9 Å². The van der Waals surface area contributed by atoms with E-state index in [1.807, 2.05) is 35.2 Å². The van der Waals surface area contributed by atoms with Gasteiger partial charge in [0.25, 0.3) is 11.8 Å². The van der Waals surface area contributed by atoms with Gasteiger partial charge in [0.2, 0.25) is 0 Å². The maximum Gasteiger partial charge on any atom is 0.282 e. The van der Waals surface area contributed by atoms with Crippen LogP contribution in [0.4, 0.5) is 0 Å². The molecule has 0 bridgehead atoms. The normalized spacial score (nSPS) is 22.2. The van der Waals surface area contributed by atoms with Crippen molar-refractivity contribution >= 4 is 34.1 Å². The van der Waals surface area contributed by atoms with Gasteiger partial charge in [-0.3, -0.25) is 19.5 Å². The van der Waals surface area contributed by atoms with Crippen LogP contribution in [0.25, 0.3) is 10.9 Å². The second kappa shape index (κ2) is 10.9. The van der Waals surface area contributed by atoms with E-state index in [9.17, 15) is 9.59 Å². The molecule has 3 aromatic rings. The Kier molecular flexibility index (Phi) is 7.20. The van der Waals surface area contributed by atoms with Gasteiger partial charge in [-0.15, -0.1) is 11.3 Å². The lowest BCUT2D eigenvalue weighted by Gasteiger charge is -2.32. The third kappa shape index (κ3) is 5.41. The zero-order valence-electron chi connectivity index (χ0n) is 21.3. The molecule has 0 spiro atoms. The summed E-state index contributed by atoms with van der Waals surface area (Å²) >= 11 is 1.62. The van der Waals surface area contributed by atoms with Crippen LogP contribution in [0.3, 0.4) is 0 Å². The molecule has 2 aliphatic heterocycles. The van der Waals surface area contributed by atoms with Crippen LogP contribution < -0.4 is 5.32 Å². The van der Waals surface area contributed by atoms with Crippen molar-refractivity contribution in [2.24, 2.45) is 5.92 Å². The molecule has 194 valence electrons. The molecule has 4 heterocycles. The van der Waals surface area contributed by atoms with Crippen molar-refractivity contribution in [2.45, 2.75) is 64.0 Å². The van der Waals surface area contributed by atoms with Gasteiger partial charge in [-0.05, 0) is 82.0 Å². The van der Waals surface area contributed by atoms with Crippen molar-refractivity contribution in [3.05, 3.63) is 57.7 Å². The van der Waals surface area contributed by atoms with Gasteiger partial charge in [0.05, 0.1) is 11.2 Å². The molecule has 1 N–H and O–H groups in total. The lowest BCUT2D eigenvalue weighted by atomic mass is 9.84. The number of nitrogens with zero attached hydrogens (tertiary/aromatic N) is 4. The number of hydrogen-bond donors (Lipinski definition) is 1. The second-order valence-electron chi connectivity index (χ2n) is 10.8. The predicted molar refractivity (Wildman–Crippen MR) is 146 cm³/mol. The summed E-state index contributed by atoms with van der Waals surface area (Å²) in [5.41, 5.74) is 2.69. The molecule has 1 aromatic carbocycles. The quantitative estimate of drug-likeness (QED) is 0.514. The molecule has 7 nitrogen and oxygen atoms in total. The van der Waals surface area contributed by atoms with Crippen LogP contribution in [-0.4, -0.2) is 63.8 Å². The van der Waals surface area contributed by atoms with Crippen molar-refractivity contribution in [3.8, 4) is 0 Å². The Morgan fingerprint density at radius 3 is 2.70 bits per heavy atom. The number of likely N-dealkylation sites (tertiary alicyclic amines) is 1. The number of nitrogens with one attached hydrogen (secondary N) is 1. The average Bonchev–Trinajstić information content (AvgIpc) is 3.62. The molecule has 3 aliphatic rings. The van der Waals surface area contributed by atoms with Crippen molar-refractivity contribution in [1.29, 1.82) is 0 Å². The number of pyridine rings is 1. The highest BCUT2D eigenvalue weighted by Gasteiger charge is 2.28. The van der Waals surface area contributed by atoms with Crippen LogP contribution in [0.2, 0.25) is 0 Å². The number of rotatable bonds is 6. The Labute approximate surface area is 222 Å². The number of carbonyl (C=O) groups is 2. The highest BCUT2D eigenvalue weighted by molar-refractivity contribution is 7.13. The van der Waals surface area contributed by atoms with E-state index < -0.39 is 0 Å². The highest BCUT2D eigenvalue weighted by atomic mass is 32.1. The minimum atomic E-state index is 0.0111. The number of aromatic nitrogens is 2. The average molecular weight is 518 g/mol. The van der Waals surface area contributed by atoms with E-state index in [0.29, 0.717) is 16.5 Å². The van der Waals surface area contributed by atoms with E-state index in [2.05, 4.69) is 15.2 Å². The standard InChI is InChI=1S/C29H35N5O2S/c35-27(23-5-3-7-24-22(23)6-4-14-30-24)31-21-10-8-20(9-11-21)12-17-33-18-13-26-25(19-33)32-28(37-26)29(36)34-15-1-2-16-34/h3-7,14,20-21H,1-2,8-13,15-19H2,(H,31,35)/t20-,21-. The van der Waals surface area contributed by atoms with Crippen LogP contribution in [0.5, 0.6) is 0 Å². The number of thiazole rings is 1. The first-order valence-electron chi connectivity index (χ1n) is 13.8. The first-order valence-corrected chi connectivity index (χ1v) is 14.6. The molecule has 0 atom stereocenters. The van der Waals surface area contributed by atoms with Crippen LogP contribution in [0, 0.1) is 5.92 Å². The molecule has 1 aliphatic carbocycles. The molecule has 6 rings (SSSR count). The lowest BCUT2D eigenvalue weighted by Crippen LogP contribution is -2.38. The van der Waals surface area contributed by atoms with E-state index >= 15 is 0 Å². The number of amides is 2. The van der Waals surface area contributed by atoms with Crippen molar-refractivity contribution in [2.75, 3.05) is 26.2 Å². The van der Waals surface area contributed by atoms with Gasteiger partial charge in [0.1, 0.15) is 0 Å². The largest absolute Gasteiger partial charge is 0.349 e. The van der Waals surface area contributed by atoms with E-state index in [1.165, 1.54) is 11.3 Å². The Morgan fingerprint density at radius 2 is 1.86 bits per heavy atom. The molecule has 8 heteroatoms. The third-order valence-corrected chi connectivity index (χ3v) is 9.45. The zero-order chi connectivity index (χ0) is 25.2. The maximum atomic E-state index is 13.0. The summed E-state index contributed by atoms with van der Waals surface area (Å²) in [5.74, 6) is 0.848. The Balaban J connectivity index is 0.965. The van der Waals surface area contributed by atoms with Crippen molar-refractivity contribution < 1.29 is 9.59 Å². The first kappa shape index (κ1) is 24.5. The molecule has 1 saturated carbocycles. The molecule has 0 radical (unpaired) electrons. The molecule has 2 aromatic heterocycles. The summed E-state index contributed by atoms with van der Waals surface area (Å²) in [6, 6.07) is 9.84. The van der Waals surface area contributed by atoms with E-state index in [1.54, 1.807) is 17.5 Å². The Morgan fingerprint density at radius 1 is 1.03 bits per heavy atom. The number of fused-ring (bicyclic) bond motifs is 2. The maximum absolute atomic E-state index is 13.0. The van der Waals surface area contributed by atoms with Crippen LogP contribution in [0.1, 0.15) is 75.7 Å². The first-order chi connectivity index (χ1) is 18.1. The second-order valence-corrected chi connectivity index (χ2v) is 11.9. The number of benzene rings is 1. The molecular formula is C29H35N5O2S. The third-order valence-electron chi connectivity index (χ3n) is 8.31. The molecule has 2 amide bonds. The van der Waals surface area contributed by atoms with E-state index in [0.717, 1.165) is 94.3 Å². The predicted octanol–water partition coefficient (Wildman–Crippen LogP) is 4.66.